The third-order valence-corrected chi connectivity index (χ3v) is 4.00. The Morgan fingerprint density at radius 3 is 1.80 bits per heavy atom. The van der Waals surface area contributed by atoms with E-state index in [0.717, 1.165) is 0 Å². The van der Waals surface area contributed by atoms with Crippen molar-refractivity contribution in [3.8, 4) is 0 Å². The van der Waals surface area contributed by atoms with E-state index in [0.29, 0.717) is 14.5 Å². The SMILES string of the molecule is C.C.Nc1cc(Cl)c(Br)cc1C(=O)O.Nc1cc(Cl)ccc1C(=O)O. The van der Waals surface area contributed by atoms with Crippen LogP contribution in [0.25, 0.3) is 0 Å². The summed E-state index contributed by atoms with van der Waals surface area (Å²) in [6.45, 7) is 0. The van der Waals surface area contributed by atoms with Gasteiger partial charge in [0, 0.05) is 20.9 Å². The van der Waals surface area contributed by atoms with E-state index in [1.54, 1.807) is 0 Å². The normalized spacial score (nSPS) is 8.92. The Bertz CT molecular complexity index is 770. The molecule has 2 aromatic rings. The minimum Gasteiger partial charge on any atom is -0.478 e. The fourth-order valence-corrected chi connectivity index (χ4v) is 2.17. The van der Waals surface area contributed by atoms with Crippen molar-refractivity contribution in [2.45, 2.75) is 14.9 Å². The Hall–Kier alpha value is -1.96. The van der Waals surface area contributed by atoms with E-state index in [-0.39, 0.29) is 37.4 Å². The molecular formula is C16H19BrCl2N2O4. The number of hydrogen-bond acceptors (Lipinski definition) is 4. The van der Waals surface area contributed by atoms with Crippen LogP contribution in [0.3, 0.4) is 0 Å². The Morgan fingerprint density at radius 1 is 0.880 bits per heavy atom. The van der Waals surface area contributed by atoms with E-state index in [9.17, 15) is 9.59 Å². The number of hydrogen-bond donors (Lipinski definition) is 4. The largest absolute Gasteiger partial charge is 0.478 e. The molecule has 0 radical (unpaired) electrons. The molecule has 0 aliphatic rings. The number of anilines is 2. The first-order valence-corrected chi connectivity index (χ1v) is 7.44. The summed E-state index contributed by atoms with van der Waals surface area (Å²) in [4.78, 5) is 21.0. The summed E-state index contributed by atoms with van der Waals surface area (Å²) in [7, 11) is 0. The summed E-state index contributed by atoms with van der Waals surface area (Å²) in [6, 6.07) is 7.04. The number of aromatic carboxylic acids is 2. The highest BCUT2D eigenvalue weighted by atomic mass is 79.9. The van der Waals surface area contributed by atoms with Gasteiger partial charge in [0.05, 0.1) is 16.1 Å². The zero-order chi connectivity index (χ0) is 17.7. The molecule has 0 spiro atoms. The van der Waals surface area contributed by atoms with Crippen molar-refractivity contribution >= 4 is 62.4 Å². The van der Waals surface area contributed by atoms with Crippen LogP contribution in [-0.4, -0.2) is 22.2 Å². The lowest BCUT2D eigenvalue weighted by Crippen LogP contribution is -2.02. The number of nitrogens with two attached hydrogens (primary N) is 2. The van der Waals surface area contributed by atoms with Crippen LogP contribution in [0.1, 0.15) is 35.6 Å². The molecule has 25 heavy (non-hydrogen) atoms. The Labute approximate surface area is 164 Å². The van der Waals surface area contributed by atoms with E-state index in [4.69, 9.17) is 44.9 Å². The molecule has 0 saturated heterocycles. The van der Waals surface area contributed by atoms with Crippen molar-refractivity contribution in [1.82, 2.24) is 0 Å². The van der Waals surface area contributed by atoms with E-state index in [1.165, 1.54) is 30.3 Å². The van der Waals surface area contributed by atoms with Gasteiger partial charge in [0.2, 0.25) is 0 Å². The first-order chi connectivity index (χ1) is 10.6. The zero-order valence-corrected chi connectivity index (χ0v) is 14.5. The number of carboxylic acid groups (broad SMARTS) is 2. The molecule has 2 aromatic carbocycles. The maximum atomic E-state index is 10.5. The maximum Gasteiger partial charge on any atom is 0.337 e. The quantitative estimate of drug-likeness (QED) is 0.458. The van der Waals surface area contributed by atoms with Gasteiger partial charge in [0.1, 0.15) is 0 Å². The maximum absolute atomic E-state index is 10.5. The lowest BCUT2D eigenvalue weighted by molar-refractivity contribution is 0.0687. The van der Waals surface area contributed by atoms with Crippen LogP contribution < -0.4 is 11.5 Å². The van der Waals surface area contributed by atoms with Crippen molar-refractivity contribution in [2.75, 3.05) is 11.5 Å². The summed E-state index contributed by atoms with van der Waals surface area (Å²) in [5.41, 5.74) is 11.2. The fraction of sp³-hybridized carbons (Fsp3) is 0.125. The summed E-state index contributed by atoms with van der Waals surface area (Å²) < 4.78 is 0.524. The average Bonchev–Trinajstić information content (AvgIpc) is 2.42. The number of benzene rings is 2. The first kappa shape index (κ1) is 25.3. The monoisotopic (exact) mass is 452 g/mol. The van der Waals surface area contributed by atoms with Gasteiger partial charge in [0.25, 0.3) is 0 Å². The van der Waals surface area contributed by atoms with E-state index in [2.05, 4.69) is 15.9 Å². The summed E-state index contributed by atoms with van der Waals surface area (Å²) >= 11 is 14.3. The smallest absolute Gasteiger partial charge is 0.337 e. The highest BCUT2D eigenvalue weighted by Crippen LogP contribution is 2.27. The molecular weight excluding hydrogens is 435 g/mol. The Balaban J connectivity index is 0. The van der Waals surface area contributed by atoms with Crippen molar-refractivity contribution in [2.24, 2.45) is 0 Å². The molecule has 0 aliphatic heterocycles. The summed E-state index contributed by atoms with van der Waals surface area (Å²) in [6.07, 6.45) is 0. The van der Waals surface area contributed by atoms with Gasteiger partial charge in [0.15, 0.2) is 0 Å². The third kappa shape index (κ3) is 7.21. The van der Waals surface area contributed by atoms with Gasteiger partial charge in [-0.25, -0.2) is 9.59 Å². The predicted octanol–water partition coefficient (Wildman–Crippen LogP) is 5.28. The van der Waals surface area contributed by atoms with Gasteiger partial charge in [-0.3, -0.25) is 0 Å². The van der Waals surface area contributed by atoms with Crippen LogP contribution in [-0.2, 0) is 0 Å². The second kappa shape index (κ2) is 10.8. The molecule has 0 aromatic heterocycles. The number of carboxylic acids is 2. The van der Waals surface area contributed by atoms with Crippen molar-refractivity contribution < 1.29 is 19.8 Å². The van der Waals surface area contributed by atoms with Gasteiger partial charge < -0.3 is 21.7 Å². The van der Waals surface area contributed by atoms with Gasteiger partial charge >= 0.3 is 11.9 Å². The Kier molecular flexibility index (Phi) is 10.9. The average molecular weight is 454 g/mol. The van der Waals surface area contributed by atoms with Gasteiger partial charge in [-0.1, -0.05) is 38.1 Å². The molecule has 6 nitrogen and oxygen atoms in total. The van der Waals surface area contributed by atoms with Crippen LogP contribution in [0, 0.1) is 0 Å². The molecule has 0 amide bonds. The molecule has 0 bridgehead atoms. The number of nitrogen functional groups attached to an aromatic ring is 2. The topological polar surface area (TPSA) is 127 Å². The summed E-state index contributed by atoms with van der Waals surface area (Å²) in [5, 5.41) is 18.0. The number of carbonyl (C=O) groups is 2. The predicted molar refractivity (Wildman–Crippen MR) is 107 cm³/mol. The lowest BCUT2D eigenvalue weighted by atomic mass is 10.2. The molecule has 0 atom stereocenters. The Morgan fingerprint density at radius 2 is 1.36 bits per heavy atom. The van der Waals surface area contributed by atoms with E-state index < -0.39 is 11.9 Å². The molecule has 0 heterocycles. The standard InChI is InChI=1S/C7H5BrClNO2.C7H6ClNO2.2CH4/c8-4-1-3(7(11)12)6(10)2-5(4)9;8-4-1-2-5(7(10)11)6(9)3-4;;/h1-2H,10H2,(H,11,12);1-3H,9H2,(H,10,11);2*1H4. The van der Waals surface area contributed by atoms with Gasteiger partial charge in [-0.05, 0) is 46.3 Å². The van der Waals surface area contributed by atoms with Crippen LogP contribution in [0.2, 0.25) is 10.0 Å². The first-order valence-electron chi connectivity index (χ1n) is 5.89. The molecule has 138 valence electrons. The van der Waals surface area contributed by atoms with Crippen LogP contribution in [0.5, 0.6) is 0 Å². The number of rotatable bonds is 2. The highest BCUT2D eigenvalue weighted by molar-refractivity contribution is 9.10. The van der Waals surface area contributed by atoms with E-state index in [1.807, 2.05) is 0 Å². The second-order valence-electron chi connectivity index (χ2n) is 4.20. The summed E-state index contributed by atoms with van der Waals surface area (Å²) in [5.74, 6) is -2.11. The highest BCUT2D eigenvalue weighted by Gasteiger charge is 2.10. The van der Waals surface area contributed by atoms with Gasteiger partial charge in [-0.2, -0.15) is 0 Å². The van der Waals surface area contributed by atoms with Crippen molar-refractivity contribution in [3.63, 3.8) is 0 Å². The molecule has 0 saturated carbocycles. The molecule has 9 heteroatoms. The molecule has 2 rings (SSSR count). The molecule has 6 N–H and O–H groups in total. The minimum atomic E-state index is -1.06. The van der Waals surface area contributed by atoms with Crippen molar-refractivity contribution in [3.05, 3.63) is 56.0 Å². The minimum absolute atomic E-state index is 0. The van der Waals surface area contributed by atoms with Crippen molar-refractivity contribution in [1.29, 1.82) is 0 Å². The fourth-order valence-electron chi connectivity index (χ4n) is 1.48. The molecule has 0 fully saturated rings. The zero-order valence-electron chi connectivity index (χ0n) is 11.4. The van der Waals surface area contributed by atoms with Gasteiger partial charge in [-0.15, -0.1) is 0 Å². The van der Waals surface area contributed by atoms with E-state index >= 15 is 0 Å². The molecule has 0 unspecified atom stereocenters. The second-order valence-corrected chi connectivity index (χ2v) is 5.89. The number of halogens is 3. The van der Waals surface area contributed by atoms with Crippen LogP contribution >= 0.6 is 39.1 Å². The molecule has 0 aliphatic carbocycles. The van der Waals surface area contributed by atoms with Crippen LogP contribution in [0.4, 0.5) is 11.4 Å². The van der Waals surface area contributed by atoms with Crippen LogP contribution in [0.15, 0.2) is 34.8 Å². The lowest BCUT2D eigenvalue weighted by Gasteiger charge is -2.02. The third-order valence-electron chi connectivity index (χ3n) is 2.57.